The molecule has 4 aromatic rings. The summed E-state index contributed by atoms with van der Waals surface area (Å²) in [7, 11) is 0. The normalized spacial score (nSPS) is 12.7. The van der Waals surface area contributed by atoms with Crippen LogP contribution in [0.15, 0.2) is 48.5 Å². The van der Waals surface area contributed by atoms with E-state index in [1.165, 1.54) is 0 Å². The minimum Gasteiger partial charge on any atom is -0.493 e. The van der Waals surface area contributed by atoms with Gasteiger partial charge in [0.25, 0.3) is 0 Å². The molecule has 0 fully saturated rings. The summed E-state index contributed by atoms with van der Waals surface area (Å²) < 4.78 is 24.5. The summed E-state index contributed by atoms with van der Waals surface area (Å²) in [4.78, 5) is 0. The Morgan fingerprint density at radius 2 is 1.00 bits per heavy atom. The molecule has 4 aromatic carbocycles. The summed E-state index contributed by atoms with van der Waals surface area (Å²) in [6.45, 7) is 5.59. The fraction of sp³-hybridized carbons (Fsp3) is 0.259. The van der Waals surface area contributed by atoms with Gasteiger partial charge in [-0.1, -0.05) is 62.4 Å². The Hall–Kier alpha value is -3.40. The van der Waals surface area contributed by atoms with Crippen LogP contribution in [0.3, 0.4) is 0 Å². The number of benzene rings is 4. The first kappa shape index (κ1) is 18.4. The molecule has 156 valence electrons. The first-order chi connectivity index (χ1) is 15.3. The Kier molecular flexibility index (Phi) is 4.20. The second-order valence-electron chi connectivity index (χ2n) is 8.10. The lowest BCUT2D eigenvalue weighted by atomic mass is 9.96. The molecule has 2 heterocycles. The summed E-state index contributed by atoms with van der Waals surface area (Å²) >= 11 is 0. The van der Waals surface area contributed by atoms with Crippen LogP contribution in [0.2, 0.25) is 0 Å². The van der Waals surface area contributed by atoms with Crippen molar-refractivity contribution in [3.63, 3.8) is 0 Å². The summed E-state index contributed by atoms with van der Waals surface area (Å²) in [6.07, 6.45) is 2.55. The summed E-state index contributed by atoms with van der Waals surface area (Å²) in [5.41, 5.74) is 2.16. The van der Waals surface area contributed by atoms with E-state index in [4.69, 9.17) is 18.9 Å². The maximum Gasteiger partial charge on any atom is 0.178 e. The van der Waals surface area contributed by atoms with Crippen LogP contribution < -0.4 is 18.9 Å². The quantitative estimate of drug-likeness (QED) is 0.245. The third kappa shape index (κ3) is 2.89. The number of hydrogen-bond donors (Lipinski definition) is 0. The molecule has 0 aliphatic carbocycles. The number of fused-ring (bicyclic) bond motifs is 6. The van der Waals surface area contributed by atoms with Crippen molar-refractivity contribution >= 4 is 21.5 Å². The highest BCUT2D eigenvalue weighted by atomic mass is 16.6. The second-order valence-corrected chi connectivity index (χ2v) is 8.10. The van der Waals surface area contributed by atoms with E-state index in [0.717, 1.165) is 80.0 Å². The largest absolute Gasteiger partial charge is 0.493 e. The molecule has 31 heavy (non-hydrogen) atoms. The molecule has 0 amide bonds. The maximum absolute atomic E-state index is 6.29. The highest BCUT2D eigenvalue weighted by Crippen LogP contribution is 2.62. The molecule has 0 saturated heterocycles. The van der Waals surface area contributed by atoms with E-state index < -0.39 is 0 Å². The Morgan fingerprint density at radius 3 is 1.42 bits per heavy atom. The lowest BCUT2D eigenvalue weighted by molar-refractivity contribution is 0.315. The molecule has 0 N–H and O–H groups in total. The molecular weight excluding hydrogens is 388 g/mol. The van der Waals surface area contributed by atoms with Crippen LogP contribution in [-0.4, -0.2) is 13.2 Å². The molecule has 4 nitrogen and oxygen atoms in total. The highest BCUT2D eigenvalue weighted by molar-refractivity contribution is 6.03. The Balaban J connectivity index is 1.53. The predicted molar refractivity (Wildman–Crippen MR) is 122 cm³/mol. The third-order valence-corrected chi connectivity index (χ3v) is 5.92. The minimum absolute atomic E-state index is 0.651. The zero-order valence-electron chi connectivity index (χ0n) is 17.8. The van der Waals surface area contributed by atoms with Gasteiger partial charge in [0.05, 0.1) is 13.2 Å². The van der Waals surface area contributed by atoms with Gasteiger partial charge in [-0.15, -0.1) is 0 Å². The van der Waals surface area contributed by atoms with E-state index in [2.05, 4.69) is 50.2 Å². The van der Waals surface area contributed by atoms with Crippen LogP contribution in [0.1, 0.15) is 37.8 Å². The van der Waals surface area contributed by atoms with Crippen LogP contribution in [0.4, 0.5) is 0 Å². The molecule has 0 atom stereocenters. The highest BCUT2D eigenvalue weighted by Gasteiger charge is 2.37. The number of rotatable bonds is 8. The molecular formula is C27H24O4. The fourth-order valence-corrected chi connectivity index (χ4v) is 4.43. The van der Waals surface area contributed by atoms with E-state index in [1.54, 1.807) is 0 Å². The summed E-state index contributed by atoms with van der Waals surface area (Å²) in [5.74, 6) is 5.64. The van der Waals surface area contributed by atoms with Crippen molar-refractivity contribution in [2.24, 2.45) is 0 Å². The zero-order chi connectivity index (χ0) is 20.9. The monoisotopic (exact) mass is 412 g/mol. The van der Waals surface area contributed by atoms with Gasteiger partial charge in [0, 0.05) is 39.1 Å². The lowest BCUT2D eigenvalue weighted by Gasteiger charge is -2.15. The summed E-state index contributed by atoms with van der Waals surface area (Å²) in [5, 5.41) is 4.42. The number of ether oxygens (including phenoxy) is 4. The van der Waals surface area contributed by atoms with Crippen molar-refractivity contribution in [1.82, 2.24) is 0 Å². The SMILES string of the molecule is CCCOc1c(Cc2c3c(c4ccccc4c2OCCC)O3)c2c(c3ccccc13)O2. The van der Waals surface area contributed by atoms with Gasteiger partial charge < -0.3 is 18.9 Å². The first-order valence-electron chi connectivity index (χ1n) is 11.1. The van der Waals surface area contributed by atoms with Gasteiger partial charge in [0.15, 0.2) is 23.0 Å². The molecule has 0 radical (unpaired) electrons. The van der Waals surface area contributed by atoms with E-state index in [9.17, 15) is 0 Å². The van der Waals surface area contributed by atoms with Crippen molar-refractivity contribution in [2.75, 3.05) is 13.2 Å². The van der Waals surface area contributed by atoms with Crippen molar-refractivity contribution in [1.29, 1.82) is 0 Å². The Labute approximate surface area is 181 Å². The third-order valence-electron chi connectivity index (χ3n) is 5.92. The zero-order valence-corrected chi connectivity index (χ0v) is 17.8. The van der Waals surface area contributed by atoms with E-state index in [0.29, 0.717) is 19.6 Å². The smallest absolute Gasteiger partial charge is 0.178 e. The molecule has 2 aliphatic rings. The molecule has 0 saturated carbocycles. The maximum atomic E-state index is 6.29. The predicted octanol–water partition coefficient (Wildman–Crippen LogP) is 7.37. The van der Waals surface area contributed by atoms with Gasteiger partial charge in [0.2, 0.25) is 0 Å². The first-order valence-corrected chi connectivity index (χ1v) is 11.1. The fourth-order valence-electron chi connectivity index (χ4n) is 4.43. The van der Waals surface area contributed by atoms with Gasteiger partial charge >= 0.3 is 0 Å². The Morgan fingerprint density at radius 1 is 0.581 bits per heavy atom. The minimum atomic E-state index is 0.651. The van der Waals surface area contributed by atoms with Gasteiger partial charge in [0.1, 0.15) is 11.5 Å². The van der Waals surface area contributed by atoms with Crippen molar-refractivity contribution in [2.45, 2.75) is 33.1 Å². The average molecular weight is 412 g/mol. The van der Waals surface area contributed by atoms with Gasteiger partial charge in [-0.2, -0.15) is 0 Å². The van der Waals surface area contributed by atoms with Crippen LogP contribution >= 0.6 is 0 Å². The van der Waals surface area contributed by atoms with Crippen LogP contribution in [-0.2, 0) is 6.42 Å². The lowest BCUT2D eigenvalue weighted by Crippen LogP contribution is -2.02. The van der Waals surface area contributed by atoms with Crippen molar-refractivity contribution in [3.05, 3.63) is 59.7 Å². The van der Waals surface area contributed by atoms with Crippen molar-refractivity contribution < 1.29 is 18.9 Å². The van der Waals surface area contributed by atoms with Gasteiger partial charge in [-0.25, -0.2) is 0 Å². The van der Waals surface area contributed by atoms with Crippen LogP contribution in [0.25, 0.3) is 21.5 Å². The van der Waals surface area contributed by atoms with E-state index in [1.807, 2.05) is 12.1 Å². The van der Waals surface area contributed by atoms with E-state index >= 15 is 0 Å². The van der Waals surface area contributed by atoms with Crippen molar-refractivity contribution in [3.8, 4) is 34.5 Å². The molecule has 0 aromatic heterocycles. The molecule has 0 spiro atoms. The Bertz CT molecular complexity index is 1240. The second kappa shape index (κ2) is 7.09. The van der Waals surface area contributed by atoms with Crippen LogP contribution in [0, 0.1) is 0 Å². The van der Waals surface area contributed by atoms with E-state index in [-0.39, 0.29) is 0 Å². The average Bonchev–Trinajstić information content (AvgIpc) is 3.72. The summed E-state index contributed by atoms with van der Waals surface area (Å²) in [6, 6.07) is 16.6. The molecule has 4 heteroatoms. The van der Waals surface area contributed by atoms with Gasteiger partial charge in [-0.05, 0) is 12.8 Å². The number of hydrogen-bond acceptors (Lipinski definition) is 4. The molecule has 0 bridgehead atoms. The standard InChI is InChI=1S/C27H24O4/c1-3-13-28-22-16-9-5-7-11-18(16)24-26(30-24)20(22)15-21-23(29-14-4-2)17-10-6-8-12-19(17)25-27(21)31-25/h5-12H,3-4,13-15H2,1-2H3. The molecule has 0 unspecified atom stereocenters. The molecule has 2 aliphatic heterocycles. The van der Waals surface area contributed by atoms with Gasteiger partial charge in [-0.3, -0.25) is 0 Å². The van der Waals surface area contributed by atoms with Crippen LogP contribution in [0.5, 0.6) is 34.5 Å². The topological polar surface area (TPSA) is 43.5 Å². The molecule has 6 rings (SSSR count).